The lowest BCUT2D eigenvalue weighted by Gasteiger charge is -2.14. The second-order valence-electron chi connectivity index (χ2n) is 6.57. The summed E-state index contributed by atoms with van der Waals surface area (Å²) in [6.45, 7) is 2.93. The van der Waals surface area contributed by atoms with Crippen molar-refractivity contribution in [1.82, 2.24) is 20.2 Å². The fourth-order valence-electron chi connectivity index (χ4n) is 2.70. The van der Waals surface area contributed by atoms with Gasteiger partial charge in [0.15, 0.2) is 5.82 Å². The van der Waals surface area contributed by atoms with Crippen molar-refractivity contribution in [1.29, 1.82) is 0 Å². The van der Waals surface area contributed by atoms with Crippen LogP contribution >= 0.6 is 0 Å². The number of anilines is 3. The lowest BCUT2D eigenvalue weighted by Crippen LogP contribution is -2.19. The van der Waals surface area contributed by atoms with Crippen LogP contribution in [0.3, 0.4) is 0 Å². The largest absolute Gasteiger partial charge is 0.326 e. The lowest BCUT2D eigenvalue weighted by molar-refractivity contribution is -0.114. The van der Waals surface area contributed by atoms with Crippen molar-refractivity contribution in [3.05, 3.63) is 53.6 Å². The van der Waals surface area contributed by atoms with Crippen LogP contribution in [-0.4, -0.2) is 46.7 Å². The van der Waals surface area contributed by atoms with Crippen molar-refractivity contribution in [2.45, 2.75) is 13.8 Å². The van der Waals surface area contributed by atoms with Gasteiger partial charge >= 0.3 is 0 Å². The molecule has 2 amide bonds. The van der Waals surface area contributed by atoms with E-state index in [4.69, 9.17) is 0 Å². The van der Waals surface area contributed by atoms with E-state index in [0.717, 1.165) is 12.3 Å². The average molecular weight is 447 g/mol. The molecular weight excluding hydrogens is 429 g/mol. The van der Waals surface area contributed by atoms with Crippen LogP contribution in [0.1, 0.15) is 23.1 Å². The molecule has 0 spiro atoms. The predicted octanol–water partition coefficient (Wildman–Crippen LogP) is 1.69. The van der Waals surface area contributed by atoms with Crippen molar-refractivity contribution in [2.75, 3.05) is 21.6 Å². The molecule has 0 bridgehead atoms. The molecule has 3 aromatic rings. The van der Waals surface area contributed by atoms with Gasteiger partial charge in [0.1, 0.15) is 5.82 Å². The number of rotatable bonds is 6. The first kappa shape index (κ1) is 21.8. The van der Waals surface area contributed by atoms with Gasteiger partial charge in [-0.05, 0) is 53.7 Å². The van der Waals surface area contributed by atoms with E-state index in [9.17, 15) is 22.4 Å². The molecule has 3 rings (SSSR count). The Morgan fingerprint density at radius 3 is 2.42 bits per heavy atom. The highest BCUT2D eigenvalue weighted by molar-refractivity contribution is 7.92. The van der Waals surface area contributed by atoms with Crippen LogP contribution in [0, 0.1) is 12.7 Å². The third-order valence-corrected chi connectivity index (χ3v) is 4.54. The Labute approximate surface area is 176 Å². The molecule has 0 radical (unpaired) electrons. The number of carbonyl (C=O) groups excluding carboxylic acids is 2. The quantitative estimate of drug-likeness (QED) is 0.521. The fourth-order valence-corrected chi connectivity index (χ4v) is 3.28. The van der Waals surface area contributed by atoms with Crippen molar-refractivity contribution in [3.8, 4) is 5.69 Å². The van der Waals surface area contributed by atoms with Crippen LogP contribution in [0.25, 0.3) is 5.69 Å². The Morgan fingerprint density at radius 2 is 1.81 bits per heavy atom. The van der Waals surface area contributed by atoms with E-state index in [-0.39, 0.29) is 28.5 Å². The average Bonchev–Trinajstić information content (AvgIpc) is 3.09. The van der Waals surface area contributed by atoms with Crippen molar-refractivity contribution in [3.63, 3.8) is 0 Å². The number of hydrogen-bond acceptors (Lipinski definition) is 7. The smallest absolute Gasteiger partial charge is 0.257 e. The topological polar surface area (TPSA) is 148 Å². The summed E-state index contributed by atoms with van der Waals surface area (Å²) >= 11 is 0. The summed E-state index contributed by atoms with van der Waals surface area (Å²) in [7, 11) is -3.71. The molecule has 0 unspecified atom stereocenters. The Kier molecular flexibility index (Phi) is 5.97. The molecule has 1 aromatic heterocycles. The molecule has 0 aliphatic rings. The van der Waals surface area contributed by atoms with Gasteiger partial charge in [-0.1, -0.05) is 0 Å². The van der Waals surface area contributed by atoms with Crippen LogP contribution in [0.15, 0.2) is 36.4 Å². The molecule has 0 saturated heterocycles. The summed E-state index contributed by atoms with van der Waals surface area (Å²) in [5.74, 6) is -1.46. The molecule has 0 saturated carbocycles. The summed E-state index contributed by atoms with van der Waals surface area (Å²) in [4.78, 5) is 24.2. The minimum Gasteiger partial charge on any atom is -0.326 e. The van der Waals surface area contributed by atoms with Gasteiger partial charge in [0.05, 0.1) is 28.9 Å². The van der Waals surface area contributed by atoms with Crippen LogP contribution in [0.2, 0.25) is 0 Å². The minimum atomic E-state index is -3.71. The summed E-state index contributed by atoms with van der Waals surface area (Å²) in [6.07, 6.45) is 0.925. The third-order valence-electron chi connectivity index (χ3n) is 3.95. The van der Waals surface area contributed by atoms with Gasteiger partial charge in [0.2, 0.25) is 15.9 Å². The Hall–Kier alpha value is -3.87. The second kappa shape index (κ2) is 8.47. The maximum Gasteiger partial charge on any atom is 0.257 e. The summed E-state index contributed by atoms with van der Waals surface area (Å²) in [6, 6.07) is 7.92. The van der Waals surface area contributed by atoms with Gasteiger partial charge in [0, 0.05) is 12.6 Å². The van der Waals surface area contributed by atoms with Gasteiger partial charge in [0.25, 0.3) is 5.91 Å². The first-order valence-corrected chi connectivity index (χ1v) is 10.7. The van der Waals surface area contributed by atoms with E-state index in [1.807, 2.05) is 0 Å². The zero-order chi connectivity index (χ0) is 22.8. The van der Waals surface area contributed by atoms with E-state index in [1.165, 1.54) is 41.9 Å². The van der Waals surface area contributed by atoms with Gasteiger partial charge in [-0.25, -0.2) is 12.8 Å². The number of aryl methyl sites for hydroxylation is 1. The Balaban J connectivity index is 1.98. The fraction of sp³-hybridized carbons (Fsp3) is 0.167. The van der Waals surface area contributed by atoms with Crippen LogP contribution < -0.4 is 15.4 Å². The molecule has 11 nitrogen and oxygen atoms in total. The number of nitrogens with one attached hydrogen (secondary N) is 3. The molecule has 3 N–H and O–H groups in total. The zero-order valence-corrected chi connectivity index (χ0v) is 17.5. The summed E-state index contributed by atoms with van der Waals surface area (Å²) in [5, 5.41) is 16.0. The zero-order valence-electron chi connectivity index (χ0n) is 16.7. The molecule has 1 heterocycles. The van der Waals surface area contributed by atoms with Gasteiger partial charge < -0.3 is 10.6 Å². The second-order valence-corrected chi connectivity index (χ2v) is 8.32. The highest BCUT2D eigenvalue weighted by Crippen LogP contribution is 2.25. The number of halogens is 1. The number of carbonyl (C=O) groups is 2. The maximum atomic E-state index is 14.4. The van der Waals surface area contributed by atoms with Crippen LogP contribution in [0.5, 0.6) is 0 Å². The molecule has 162 valence electrons. The highest BCUT2D eigenvalue weighted by Gasteiger charge is 2.18. The van der Waals surface area contributed by atoms with E-state index < -0.39 is 21.7 Å². The third kappa shape index (κ3) is 5.39. The van der Waals surface area contributed by atoms with Gasteiger partial charge in [-0.2, -0.15) is 4.68 Å². The normalized spacial score (nSPS) is 11.1. The predicted molar refractivity (Wildman–Crippen MR) is 111 cm³/mol. The molecule has 0 fully saturated rings. The van der Waals surface area contributed by atoms with E-state index in [0.29, 0.717) is 11.5 Å². The number of hydrogen-bond donors (Lipinski definition) is 3. The van der Waals surface area contributed by atoms with Crippen LogP contribution in [0.4, 0.5) is 21.5 Å². The summed E-state index contributed by atoms with van der Waals surface area (Å²) in [5.41, 5.74) is 0.325. The Morgan fingerprint density at radius 1 is 1.06 bits per heavy atom. The number of tetrazole rings is 1. The lowest BCUT2D eigenvalue weighted by atomic mass is 10.1. The van der Waals surface area contributed by atoms with Crippen molar-refractivity contribution in [2.24, 2.45) is 0 Å². The number of nitrogens with zero attached hydrogens (tertiary/aromatic N) is 4. The maximum absolute atomic E-state index is 14.4. The van der Waals surface area contributed by atoms with Crippen LogP contribution in [-0.2, 0) is 14.8 Å². The highest BCUT2D eigenvalue weighted by atomic mass is 32.2. The monoisotopic (exact) mass is 447 g/mol. The molecule has 0 atom stereocenters. The number of aromatic nitrogens is 4. The standard InChI is InChI=1S/C18H18FN7O4S/c1-10-22-24-25-26(10)13-5-6-15(19)17(9-13)21-18(28)14-8-12(20-11(2)27)4-7-16(14)23-31(3,29)30/h4-9,23H,1-3H3,(H,20,27)(H,21,28). The Bertz CT molecular complexity index is 1270. The van der Waals surface area contributed by atoms with E-state index >= 15 is 0 Å². The molecule has 0 aliphatic heterocycles. The van der Waals surface area contributed by atoms with Gasteiger partial charge in [-0.3, -0.25) is 14.3 Å². The molecule has 31 heavy (non-hydrogen) atoms. The molecular formula is C18H18FN7O4S. The van der Waals surface area contributed by atoms with Crippen molar-refractivity contribution < 1.29 is 22.4 Å². The number of sulfonamides is 1. The molecule has 2 aromatic carbocycles. The number of benzene rings is 2. The minimum absolute atomic E-state index is 0.0398. The first-order chi connectivity index (χ1) is 14.5. The molecule has 0 aliphatic carbocycles. The first-order valence-electron chi connectivity index (χ1n) is 8.79. The number of amides is 2. The van der Waals surface area contributed by atoms with E-state index in [2.05, 4.69) is 30.9 Å². The SMILES string of the molecule is CC(=O)Nc1ccc(NS(C)(=O)=O)c(C(=O)Nc2cc(-n3nnnc3C)ccc2F)c1. The summed E-state index contributed by atoms with van der Waals surface area (Å²) < 4.78 is 41.3. The van der Waals surface area contributed by atoms with E-state index in [1.54, 1.807) is 6.92 Å². The van der Waals surface area contributed by atoms with Crippen molar-refractivity contribution >= 4 is 38.9 Å². The van der Waals surface area contributed by atoms with Gasteiger partial charge in [-0.15, -0.1) is 5.10 Å². The molecule has 13 heteroatoms.